The Hall–Kier alpha value is -3.14. The summed E-state index contributed by atoms with van der Waals surface area (Å²) in [6.07, 6.45) is 1.64. The topological polar surface area (TPSA) is 113 Å². The van der Waals surface area contributed by atoms with Gasteiger partial charge in [-0.3, -0.25) is 14.8 Å². The second kappa shape index (κ2) is 10.0. The van der Waals surface area contributed by atoms with Crippen molar-refractivity contribution in [3.05, 3.63) is 35.7 Å². The summed E-state index contributed by atoms with van der Waals surface area (Å²) >= 11 is 0. The highest BCUT2D eigenvalue weighted by Crippen LogP contribution is 2.27. The lowest BCUT2D eigenvalue weighted by molar-refractivity contribution is -0.146. The molecule has 0 aliphatic carbocycles. The lowest BCUT2D eigenvalue weighted by Gasteiger charge is -2.40. The molecule has 2 amide bonds. The number of ether oxygens (including phenoxy) is 2. The van der Waals surface area contributed by atoms with Gasteiger partial charge in [0.1, 0.15) is 23.6 Å². The first-order valence-corrected chi connectivity index (χ1v) is 11.9. The van der Waals surface area contributed by atoms with Crippen LogP contribution in [0.5, 0.6) is 0 Å². The number of aromatic nitrogens is 3. The number of rotatable bonds is 4. The molecule has 2 fully saturated rings. The van der Waals surface area contributed by atoms with Crippen molar-refractivity contribution in [3.8, 4) is 0 Å². The van der Waals surface area contributed by atoms with Crippen molar-refractivity contribution in [3.63, 3.8) is 0 Å². The molecule has 2 aromatic rings. The van der Waals surface area contributed by atoms with Crippen LogP contribution in [0.4, 0.5) is 16.4 Å². The zero-order valence-electron chi connectivity index (χ0n) is 20.3. The fourth-order valence-corrected chi connectivity index (χ4v) is 4.28. The van der Waals surface area contributed by atoms with Gasteiger partial charge in [0.25, 0.3) is 0 Å². The molecule has 4 rings (SSSR count). The predicted molar refractivity (Wildman–Crippen MR) is 127 cm³/mol. The number of pyridine rings is 1. The number of hydrogen-bond acceptors (Lipinski definition) is 7. The molecular weight excluding hydrogens is 436 g/mol. The van der Waals surface area contributed by atoms with Crippen LogP contribution in [0.2, 0.25) is 0 Å². The van der Waals surface area contributed by atoms with Crippen LogP contribution in [-0.2, 0) is 14.3 Å². The smallest absolute Gasteiger partial charge is 0.410 e. The highest BCUT2D eigenvalue weighted by atomic mass is 16.6. The van der Waals surface area contributed by atoms with Crippen LogP contribution in [0.1, 0.15) is 57.5 Å². The first-order valence-electron chi connectivity index (χ1n) is 11.9. The van der Waals surface area contributed by atoms with Gasteiger partial charge in [-0.05, 0) is 59.1 Å². The van der Waals surface area contributed by atoms with Crippen molar-refractivity contribution in [1.82, 2.24) is 25.0 Å². The largest absolute Gasteiger partial charge is 0.444 e. The number of carbonyl (C=O) groups is 2. The normalized spacial score (nSPS) is 21.3. The summed E-state index contributed by atoms with van der Waals surface area (Å²) < 4.78 is 11.5. The number of nitrogens with one attached hydrogen (secondary N) is 2. The molecule has 184 valence electrons. The van der Waals surface area contributed by atoms with Crippen LogP contribution >= 0.6 is 0 Å². The Balaban J connectivity index is 1.44. The van der Waals surface area contributed by atoms with Crippen molar-refractivity contribution in [2.45, 2.75) is 64.7 Å². The maximum atomic E-state index is 13.5. The van der Waals surface area contributed by atoms with Crippen molar-refractivity contribution in [2.75, 3.05) is 31.6 Å². The molecule has 2 aliphatic heterocycles. The minimum absolute atomic E-state index is 0.0554. The van der Waals surface area contributed by atoms with Gasteiger partial charge in [0.05, 0.1) is 18.8 Å². The van der Waals surface area contributed by atoms with Crippen LogP contribution in [-0.4, -0.2) is 74.9 Å². The van der Waals surface area contributed by atoms with Gasteiger partial charge in [-0.15, -0.1) is 0 Å². The molecule has 34 heavy (non-hydrogen) atoms. The molecule has 0 saturated carbocycles. The molecule has 2 aliphatic rings. The number of carbonyl (C=O) groups excluding carboxylic acids is 2. The van der Waals surface area contributed by atoms with Gasteiger partial charge in [0.15, 0.2) is 5.82 Å². The number of anilines is 2. The van der Waals surface area contributed by atoms with Crippen LogP contribution < -0.4 is 5.32 Å². The van der Waals surface area contributed by atoms with Gasteiger partial charge in [-0.2, -0.15) is 5.10 Å². The van der Waals surface area contributed by atoms with E-state index in [1.54, 1.807) is 9.80 Å². The molecule has 2 aromatic heterocycles. The van der Waals surface area contributed by atoms with Gasteiger partial charge in [-0.25, -0.2) is 9.78 Å². The predicted octanol–water partition coefficient (Wildman–Crippen LogP) is 3.55. The minimum atomic E-state index is -0.606. The van der Waals surface area contributed by atoms with Gasteiger partial charge in [0.2, 0.25) is 5.91 Å². The van der Waals surface area contributed by atoms with E-state index >= 15 is 0 Å². The zero-order valence-corrected chi connectivity index (χ0v) is 20.3. The van der Waals surface area contributed by atoms with Crippen molar-refractivity contribution in [2.24, 2.45) is 0 Å². The number of piperidine rings is 1. The van der Waals surface area contributed by atoms with Gasteiger partial charge < -0.3 is 19.7 Å². The summed E-state index contributed by atoms with van der Waals surface area (Å²) in [6.45, 7) is 9.24. The number of nitrogens with zero attached hydrogens (tertiary/aromatic N) is 4. The van der Waals surface area contributed by atoms with Gasteiger partial charge >= 0.3 is 6.09 Å². The number of aromatic amines is 1. The first-order chi connectivity index (χ1) is 16.2. The van der Waals surface area contributed by atoms with Crippen molar-refractivity contribution >= 4 is 23.6 Å². The molecule has 0 spiro atoms. The fourth-order valence-electron chi connectivity index (χ4n) is 4.28. The summed E-state index contributed by atoms with van der Waals surface area (Å²) in [4.78, 5) is 34.3. The molecule has 4 heterocycles. The lowest BCUT2D eigenvalue weighted by Crippen LogP contribution is -2.56. The van der Waals surface area contributed by atoms with E-state index in [1.165, 1.54) is 0 Å². The van der Waals surface area contributed by atoms with E-state index in [0.29, 0.717) is 44.3 Å². The fraction of sp³-hybridized carbons (Fsp3) is 0.583. The standard InChI is InChI=1S/C24H34N6O4/c1-16-14-21(28-27-16)26-20-10-7-8-17(25-20)19-15-29(12-13-33-19)22(31)18-9-5-6-11-30(18)23(32)34-24(2,3)4/h7-8,10,14,18-19H,5-6,9,11-13,15H2,1-4H3,(H2,25,26,27,28)/t18-,19-/m0/s1. The SMILES string of the molecule is Cc1cc(Nc2cccc([C@@H]3CN(C(=O)[C@@H]4CCCCN4C(=O)OC(C)(C)C)CCO3)n2)n[nH]1. The van der Waals surface area contributed by atoms with E-state index in [1.807, 2.05) is 52.0 Å². The average Bonchev–Trinajstić information content (AvgIpc) is 3.22. The third-order valence-electron chi connectivity index (χ3n) is 5.86. The summed E-state index contributed by atoms with van der Waals surface area (Å²) in [7, 11) is 0. The molecule has 0 unspecified atom stereocenters. The molecule has 2 saturated heterocycles. The van der Waals surface area contributed by atoms with Crippen molar-refractivity contribution in [1.29, 1.82) is 0 Å². The summed E-state index contributed by atoms with van der Waals surface area (Å²) in [5, 5.41) is 10.3. The number of amides is 2. The summed E-state index contributed by atoms with van der Waals surface area (Å²) in [6, 6.07) is 7.05. The highest BCUT2D eigenvalue weighted by Gasteiger charge is 2.38. The average molecular weight is 471 g/mol. The first kappa shape index (κ1) is 24.0. The van der Waals surface area contributed by atoms with E-state index < -0.39 is 17.7 Å². The number of likely N-dealkylation sites (tertiary alicyclic amines) is 1. The van der Waals surface area contributed by atoms with E-state index in [9.17, 15) is 9.59 Å². The number of morpholine rings is 1. The lowest BCUT2D eigenvalue weighted by atomic mass is 10.0. The van der Waals surface area contributed by atoms with E-state index in [0.717, 1.165) is 24.2 Å². The highest BCUT2D eigenvalue weighted by molar-refractivity contribution is 5.86. The second-order valence-electron chi connectivity index (χ2n) is 9.84. The number of hydrogen-bond donors (Lipinski definition) is 2. The maximum Gasteiger partial charge on any atom is 0.410 e. The van der Waals surface area contributed by atoms with Crippen LogP contribution in [0, 0.1) is 6.92 Å². The third kappa shape index (κ3) is 5.85. The molecular formula is C24H34N6O4. The van der Waals surface area contributed by atoms with E-state index in [4.69, 9.17) is 9.47 Å². The summed E-state index contributed by atoms with van der Waals surface area (Å²) in [5.41, 5.74) is 1.08. The second-order valence-corrected chi connectivity index (χ2v) is 9.84. The maximum absolute atomic E-state index is 13.5. The van der Waals surface area contributed by atoms with Crippen LogP contribution in [0.15, 0.2) is 24.3 Å². The molecule has 0 aromatic carbocycles. The molecule has 2 N–H and O–H groups in total. The molecule has 0 bridgehead atoms. The number of aryl methyl sites for hydroxylation is 1. The quantitative estimate of drug-likeness (QED) is 0.703. The third-order valence-corrected chi connectivity index (χ3v) is 5.86. The van der Waals surface area contributed by atoms with Gasteiger partial charge in [0, 0.05) is 24.8 Å². The van der Waals surface area contributed by atoms with Crippen molar-refractivity contribution < 1.29 is 19.1 Å². The molecule has 10 nitrogen and oxygen atoms in total. The molecule has 0 radical (unpaired) electrons. The Morgan fingerprint density at radius 2 is 2.03 bits per heavy atom. The van der Waals surface area contributed by atoms with Crippen LogP contribution in [0.3, 0.4) is 0 Å². The zero-order chi connectivity index (χ0) is 24.3. The molecule has 10 heteroatoms. The minimum Gasteiger partial charge on any atom is -0.444 e. The van der Waals surface area contributed by atoms with Crippen LogP contribution in [0.25, 0.3) is 0 Å². The Morgan fingerprint density at radius 1 is 1.21 bits per heavy atom. The van der Waals surface area contributed by atoms with E-state index in [2.05, 4.69) is 20.5 Å². The molecule has 2 atom stereocenters. The Morgan fingerprint density at radius 3 is 2.76 bits per heavy atom. The number of H-pyrrole nitrogens is 1. The van der Waals surface area contributed by atoms with Gasteiger partial charge in [-0.1, -0.05) is 6.07 Å². The Bertz CT molecular complexity index is 1020. The van der Waals surface area contributed by atoms with E-state index in [-0.39, 0.29) is 12.0 Å². The monoisotopic (exact) mass is 470 g/mol. The summed E-state index contributed by atoms with van der Waals surface area (Å²) in [5.74, 6) is 1.28. The Labute approximate surface area is 200 Å². The Kier molecular flexibility index (Phi) is 7.06.